The molecule has 1 aromatic carbocycles. The number of carboxylic acid groups (broad SMARTS) is 1. The summed E-state index contributed by atoms with van der Waals surface area (Å²) in [6.07, 6.45) is 0.865. The highest BCUT2D eigenvalue weighted by atomic mass is 16.5. The molecule has 0 radical (unpaired) electrons. The molecule has 1 aromatic rings. The van der Waals surface area contributed by atoms with Crippen molar-refractivity contribution < 1.29 is 19.7 Å². The minimum Gasteiger partial charge on any atom is -0.491 e. The van der Waals surface area contributed by atoms with Crippen LogP contribution < -0.4 is 10.1 Å². The second kappa shape index (κ2) is 7.68. The van der Waals surface area contributed by atoms with Gasteiger partial charge in [-0.2, -0.15) is 0 Å². The number of aliphatic hydroxyl groups is 1. The zero-order chi connectivity index (χ0) is 13.4. The molecule has 1 rings (SSSR count). The van der Waals surface area contributed by atoms with Crippen molar-refractivity contribution in [1.82, 2.24) is 5.32 Å². The van der Waals surface area contributed by atoms with Crippen LogP contribution in [0.25, 0.3) is 0 Å². The lowest BCUT2D eigenvalue weighted by Gasteiger charge is -2.15. The van der Waals surface area contributed by atoms with Crippen molar-refractivity contribution in [1.29, 1.82) is 0 Å². The third-order valence-electron chi connectivity index (χ3n) is 2.44. The zero-order valence-electron chi connectivity index (χ0n) is 10.4. The summed E-state index contributed by atoms with van der Waals surface area (Å²) < 4.78 is 5.41. The van der Waals surface area contributed by atoms with E-state index >= 15 is 0 Å². The summed E-state index contributed by atoms with van der Waals surface area (Å²) in [7, 11) is 0. The van der Waals surface area contributed by atoms with Crippen LogP contribution in [-0.4, -0.2) is 35.4 Å². The number of hydrogen-bond acceptors (Lipinski definition) is 4. The van der Waals surface area contributed by atoms with Gasteiger partial charge in [-0.3, -0.25) is 4.79 Å². The van der Waals surface area contributed by atoms with Gasteiger partial charge in [-0.25, -0.2) is 0 Å². The summed E-state index contributed by atoms with van der Waals surface area (Å²) in [6.45, 7) is 2.60. The molecule has 0 bridgehead atoms. The Morgan fingerprint density at radius 2 is 2.28 bits per heavy atom. The van der Waals surface area contributed by atoms with Crippen molar-refractivity contribution in [3.8, 4) is 5.75 Å². The van der Waals surface area contributed by atoms with Crippen molar-refractivity contribution in [2.45, 2.75) is 26.0 Å². The molecule has 5 heteroatoms. The molecule has 0 aliphatic rings. The van der Waals surface area contributed by atoms with Gasteiger partial charge in [0.15, 0.2) is 0 Å². The lowest BCUT2D eigenvalue weighted by Crippen LogP contribution is -2.41. The first-order valence-corrected chi connectivity index (χ1v) is 5.96. The normalized spacial score (nSPS) is 12.1. The molecule has 0 saturated carbocycles. The summed E-state index contributed by atoms with van der Waals surface area (Å²) in [4.78, 5) is 11.0. The summed E-state index contributed by atoms with van der Waals surface area (Å²) >= 11 is 0. The van der Waals surface area contributed by atoms with Crippen LogP contribution in [-0.2, 0) is 11.4 Å². The fraction of sp³-hybridized carbons (Fsp3) is 0.462. The second-order valence-corrected chi connectivity index (χ2v) is 3.96. The quantitative estimate of drug-likeness (QED) is 0.644. The van der Waals surface area contributed by atoms with Crippen molar-refractivity contribution in [3.63, 3.8) is 0 Å². The summed E-state index contributed by atoms with van der Waals surface area (Å²) in [5.41, 5.74) is 0.737. The Bertz CT molecular complexity index is 381. The number of carboxylic acids is 1. The number of ether oxygens (including phenoxy) is 1. The first-order chi connectivity index (χ1) is 8.67. The molecule has 0 aliphatic carbocycles. The van der Waals surface area contributed by atoms with Gasteiger partial charge in [-0.15, -0.1) is 0 Å². The molecular formula is C13H19NO4. The van der Waals surface area contributed by atoms with E-state index in [-0.39, 0.29) is 13.2 Å². The second-order valence-electron chi connectivity index (χ2n) is 3.96. The Hall–Kier alpha value is -1.59. The van der Waals surface area contributed by atoms with E-state index in [0.717, 1.165) is 12.0 Å². The van der Waals surface area contributed by atoms with E-state index in [2.05, 4.69) is 5.32 Å². The van der Waals surface area contributed by atoms with Crippen LogP contribution >= 0.6 is 0 Å². The highest BCUT2D eigenvalue weighted by molar-refractivity contribution is 5.73. The van der Waals surface area contributed by atoms with E-state index < -0.39 is 12.0 Å². The van der Waals surface area contributed by atoms with Gasteiger partial charge < -0.3 is 20.3 Å². The summed E-state index contributed by atoms with van der Waals surface area (Å²) in [6, 6.07) is 6.24. The van der Waals surface area contributed by atoms with Crippen LogP contribution in [0.3, 0.4) is 0 Å². The van der Waals surface area contributed by atoms with Gasteiger partial charge in [-0.1, -0.05) is 19.1 Å². The van der Waals surface area contributed by atoms with Crippen LogP contribution in [0, 0.1) is 0 Å². The predicted molar refractivity (Wildman–Crippen MR) is 67.6 cm³/mol. The van der Waals surface area contributed by atoms with Crippen LogP contribution in [0.5, 0.6) is 5.75 Å². The summed E-state index contributed by atoms with van der Waals surface area (Å²) in [5, 5.41) is 20.9. The molecule has 0 heterocycles. The van der Waals surface area contributed by atoms with Gasteiger partial charge in [0.05, 0.1) is 6.61 Å². The van der Waals surface area contributed by atoms with Gasteiger partial charge in [0.2, 0.25) is 0 Å². The Kier molecular flexibility index (Phi) is 6.18. The highest BCUT2D eigenvalue weighted by Gasteiger charge is 2.16. The van der Waals surface area contributed by atoms with Gasteiger partial charge >= 0.3 is 5.97 Å². The number of benzene rings is 1. The number of aliphatic carboxylic acids is 1. The van der Waals surface area contributed by atoms with Gasteiger partial charge in [-0.05, 0) is 30.7 Å². The number of nitrogens with one attached hydrogen (secondary N) is 1. The monoisotopic (exact) mass is 253 g/mol. The molecule has 0 aliphatic heterocycles. The molecule has 0 amide bonds. The highest BCUT2D eigenvalue weighted by Crippen LogP contribution is 2.13. The zero-order valence-corrected chi connectivity index (χ0v) is 10.4. The van der Waals surface area contributed by atoms with Crippen molar-refractivity contribution in [2.75, 3.05) is 13.2 Å². The Morgan fingerprint density at radius 1 is 1.50 bits per heavy atom. The van der Waals surface area contributed by atoms with Gasteiger partial charge in [0.1, 0.15) is 18.4 Å². The largest absolute Gasteiger partial charge is 0.491 e. The molecule has 0 fully saturated rings. The molecule has 1 atom stereocenters. The fourth-order valence-electron chi connectivity index (χ4n) is 1.45. The maximum Gasteiger partial charge on any atom is 0.324 e. The predicted octanol–water partition coefficient (Wildman–Crippen LogP) is 1.01. The third-order valence-corrected chi connectivity index (χ3v) is 2.44. The number of hydrogen-bond donors (Lipinski definition) is 3. The lowest BCUT2D eigenvalue weighted by molar-refractivity contribution is -0.140. The first-order valence-electron chi connectivity index (χ1n) is 5.96. The SMILES string of the molecule is CCCNC(COc1cccc(CO)c1)C(=O)O. The van der Waals surface area contributed by atoms with E-state index in [1.807, 2.05) is 6.92 Å². The molecule has 3 N–H and O–H groups in total. The Balaban J connectivity index is 2.52. The molecule has 18 heavy (non-hydrogen) atoms. The Labute approximate surface area is 106 Å². The van der Waals surface area contributed by atoms with Crippen molar-refractivity contribution >= 4 is 5.97 Å². The first kappa shape index (κ1) is 14.5. The Morgan fingerprint density at radius 3 is 2.89 bits per heavy atom. The maximum atomic E-state index is 11.0. The van der Waals surface area contributed by atoms with E-state index in [9.17, 15) is 4.79 Å². The standard InChI is InChI=1S/C13H19NO4/c1-2-6-14-12(13(16)17)9-18-11-5-3-4-10(7-11)8-15/h3-5,7,12,14-15H,2,6,8-9H2,1H3,(H,16,17). The average molecular weight is 253 g/mol. The smallest absolute Gasteiger partial charge is 0.324 e. The van der Waals surface area contributed by atoms with Crippen LogP contribution in [0.1, 0.15) is 18.9 Å². The topological polar surface area (TPSA) is 78.8 Å². The van der Waals surface area contributed by atoms with Crippen LogP contribution in [0.4, 0.5) is 0 Å². The molecule has 100 valence electrons. The number of rotatable bonds is 8. The van der Waals surface area contributed by atoms with E-state index in [0.29, 0.717) is 12.3 Å². The average Bonchev–Trinajstić information content (AvgIpc) is 2.38. The van der Waals surface area contributed by atoms with Gasteiger partial charge in [0, 0.05) is 0 Å². The van der Waals surface area contributed by atoms with E-state index in [1.165, 1.54) is 0 Å². The lowest BCUT2D eigenvalue weighted by atomic mass is 10.2. The molecule has 0 spiro atoms. The van der Waals surface area contributed by atoms with E-state index in [4.69, 9.17) is 14.9 Å². The van der Waals surface area contributed by atoms with Crippen molar-refractivity contribution in [2.24, 2.45) is 0 Å². The maximum absolute atomic E-state index is 11.0. The molecule has 0 aromatic heterocycles. The van der Waals surface area contributed by atoms with E-state index in [1.54, 1.807) is 24.3 Å². The number of aliphatic hydroxyl groups excluding tert-OH is 1. The molecule has 1 unspecified atom stereocenters. The molecular weight excluding hydrogens is 234 g/mol. The molecule has 5 nitrogen and oxygen atoms in total. The minimum absolute atomic E-state index is 0.0597. The van der Waals surface area contributed by atoms with Gasteiger partial charge in [0.25, 0.3) is 0 Å². The molecule has 0 saturated heterocycles. The minimum atomic E-state index is -0.929. The van der Waals surface area contributed by atoms with Crippen molar-refractivity contribution in [3.05, 3.63) is 29.8 Å². The van der Waals surface area contributed by atoms with Crippen LogP contribution in [0.2, 0.25) is 0 Å². The summed E-state index contributed by atoms with van der Waals surface area (Å²) in [5.74, 6) is -0.368. The fourth-order valence-corrected chi connectivity index (χ4v) is 1.45. The third kappa shape index (κ3) is 4.73. The number of carbonyl (C=O) groups is 1. The van der Waals surface area contributed by atoms with Crippen LogP contribution in [0.15, 0.2) is 24.3 Å².